The Labute approximate surface area is 118 Å². The molecule has 0 aliphatic carbocycles. The molecule has 0 saturated carbocycles. The van der Waals surface area contributed by atoms with Crippen molar-refractivity contribution in [2.24, 2.45) is 0 Å². The summed E-state index contributed by atoms with van der Waals surface area (Å²) in [6.45, 7) is 0. The molecule has 2 aromatic rings. The first-order valence-electron chi connectivity index (χ1n) is 5.60. The van der Waals surface area contributed by atoms with Crippen molar-refractivity contribution in [3.63, 3.8) is 0 Å². The number of hydrogen-bond donors (Lipinski definition) is 1. The lowest BCUT2D eigenvalue weighted by atomic mass is 10.0. The Morgan fingerprint density at radius 3 is 2.20 bits per heavy atom. The molecule has 0 aliphatic heterocycles. The lowest BCUT2D eigenvalue weighted by molar-refractivity contribution is 0.218. The monoisotopic (exact) mass is 302 g/mol. The maximum absolute atomic E-state index is 13.2. The third-order valence-corrected chi connectivity index (χ3v) is 3.13. The number of hydrogen-bond acceptors (Lipinski definition) is 2. The van der Waals surface area contributed by atoms with E-state index in [0.717, 1.165) is 12.1 Å². The Bertz CT molecular complexity index is 623. The molecule has 0 heterocycles. The molecule has 0 amide bonds. The summed E-state index contributed by atoms with van der Waals surface area (Å²) in [5.41, 5.74) is 0.211. The van der Waals surface area contributed by atoms with Crippen molar-refractivity contribution in [1.29, 1.82) is 0 Å². The van der Waals surface area contributed by atoms with E-state index in [2.05, 4.69) is 0 Å². The number of aliphatic hydroxyl groups excluding tert-OH is 1. The zero-order valence-electron chi connectivity index (χ0n) is 10.3. The fourth-order valence-electron chi connectivity index (χ4n) is 1.77. The third kappa shape index (κ3) is 2.73. The molecule has 20 heavy (non-hydrogen) atoms. The molecule has 0 spiro atoms. The Hall–Kier alpha value is -1.72. The summed E-state index contributed by atoms with van der Waals surface area (Å²) in [4.78, 5) is 0. The van der Waals surface area contributed by atoms with Gasteiger partial charge in [0.25, 0.3) is 0 Å². The summed E-state index contributed by atoms with van der Waals surface area (Å²) in [7, 11) is 1.40. The number of methoxy groups -OCH3 is 1. The van der Waals surface area contributed by atoms with Crippen molar-refractivity contribution in [3.05, 3.63) is 63.9 Å². The van der Waals surface area contributed by atoms with Gasteiger partial charge in [-0.2, -0.15) is 0 Å². The Kier molecular flexibility index (Phi) is 4.20. The summed E-state index contributed by atoms with van der Waals surface area (Å²) in [5.74, 6) is -3.99. The van der Waals surface area contributed by atoms with Gasteiger partial charge in [-0.1, -0.05) is 17.7 Å². The summed E-state index contributed by atoms with van der Waals surface area (Å²) < 4.78 is 44.2. The van der Waals surface area contributed by atoms with E-state index in [4.69, 9.17) is 16.3 Å². The van der Waals surface area contributed by atoms with E-state index < -0.39 is 23.6 Å². The first-order valence-corrected chi connectivity index (χ1v) is 5.97. The average Bonchev–Trinajstić information content (AvgIpc) is 2.44. The van der Waals surface area contributed by atoms with Gasteiger partial charge in [0.2, 0.25) is 0 Å². The zero-order chi connectivity index (χ0) is 14.9. The minimum atomic E-state index is -1.57. The van der Waals surface area contributed by atoms with Gasteiger partial charge in [0.15, 0.2) is 17.5 Å². The summed E-state index contributed by atoms with van der Waals surface area (Å²) in [6, 6.07) is 5.88. The van der Waals surface area contributed by atoms with Crippen LogP contribution in [0, 0.1) is 17.5 Å². The second-order valence-corrected chi connectivity index (χ2v) is 4.50. The van der Waals surface area contributed by atoms with Crippen LogP contribution < -0.4 is 4.74 Å². The minimum absolute atomic E-state index is 0.106. The SMILES string of the molecule is COc1cc(C(O)c2cc(F)c(F)c(F)c2)ccc1Cl. The largest absolute Gasteiger partial charge is 0.495 e. The van der Waals surface area contributed by atoms with Crippen molar-refractivity contribution in [1.82, 2.24) is 0 Å². The second kappa shape index (κ2) is 5.73. The van der Waals surface area contributed by atoms with Gasteiger partial charge < -0.3 is 9.84 Å². The molecular weight excluding hydrogens is 293 g/mol. The number of halogens is 4. The Morgan fingerprint density at radius 2 is 1.65 bits per heavy atom. The van der Waals surface area contributed by atoms with Gasteiger partial charge in [0.1, 0.15) is 11.9 Å². The van der Waals surface area contributed by atoms with E-state index in [1.807, 2.05) is 0 Å². The van der Waals surface area contributed by atoms with Gasteiger partial charge in [-0.25, -0.2) is 13.2 Å². The number of aliphatic hydroxyl groups is 1. The average molecular weight is 303 g/mol. The number of ether oxygens (including phenoxy) is 1. The van der Waals surface area contributed by atoms with E-state index in [1.165, 1.54) is 25.3 Å². The third-order valence-electron chi connectivity index (χ3n) is 2.81. The first kappa shape index (κ1) is 14.7. The molecule has 0 bridgehead atoms. The van der Waals surface area contributed by atoms with Crippen LogP contribution in [0.1, 0.15) is 17.2 Å². The summed E-state index contributed by atoms with van der Waals surface area (Å²) >= 11 is 5.84. The zero-order valence-corrected chi connectivity index (χ0v) is 11.1. The molecule has 0 radical (unpaired) electrons. The van der Waals surface area contributed by atoms with Crippen LogP contribution in [0.3, 0.4) is 0 Å². The topological polar surface area (TPSA) is 29.5 Å². The Morgan fingerprint density at radius 1 is 1.05 bits per heavy atom. The van der Waals surface area contributed by atoms with Crippen LogP contribution in [0.2, 0.25) is 5.02 Å². The predicted molar refractivity (Wildman–Crippen MR) is 68.4 cm³/mol. The van der Waals surface area contributed by atoms with Gasteiger partial charge in [-0.15, -0.1) is 0 Å². The molecule has 106 valence electrons. The molecule has 0 aliphatic rings. The molecule has 2 rings (SSSR count). The van der Waals surface area contributed by atoms with E-state index in [9.17, 15) is 18.3 Å². The minimum Gasteiger partial charge on any atom is -0.495 e. The molecule has 2 nitrogen and oxygen atoms in total. The fourth-order valence-corrected chi connectivity index (χ4v) is 1.97. The molecular formula is C14H10ClF3O2. The van der Waals surface area contributed by atoms with Crippen molar-refractivity contribution >= 4 is 11.6 Å². The normalized spacial score (nSPS) is 12.3. The van der Waals surface area contributed by atoms with Gasteiger partial charge >= 0.3 is 0 Å². The number of benzene rings is 2. The van der Waals surface area contributed by atoms with Crippen LogP contribution in [-0.4, -0.2) is 12.2 Å². The highest BCUT2D eigenvalue weighted by atomic mass is 35.5. The maximum atomic E-state index is 13.2. The van der Waals surface area contributed by atoms with Crippen molar-refractivity contribution in [2.45, 2.75) is 6.10 Å². The predicted octanol–water partition coefficient (Wildman–Crippen LogP) is 3.85. The first-order chi connectivity index (χ1) is 9.43. The van der Waals surface area contributed by atoms with Crippen molar-refractivity contribution in [3.8, 4) is 5.75 Å². The molecule has 2 aromatic carbocycles. The van der Waals surface area contributed by atoms with E-state index >= 15 is 0 Å². The van der Waals surface area contributed by atoms with Crippen LogP contribution in [0.25, 0.3) is 0 Å². The standard InChI is InChI=1S/C14H10ClF3O2/c1-20-12-6-7(2-3-9(12)15)14(19)8-4-10(16)13(18)11(17)5-8/h2-6,14,19H,1H3. The van der Waals surface area contributed by atoms with Gasteiger partial charge in [0, 0.05) is 0 Å². The molecule has 1 atom stereocenters. The lowest BCUT2D eigenvalue weighted by Crippen LogP contribution is -2.03. The van der Waals surface area contributed by atoms with Crippen LogP contribution in [0.4, 0.5) is 13.2 Å². The van der Waals surface area contributed by atoms with Crippen molar-refractivity contribution < 1.29 is 23.0 Å². The number of rotatable bonds is 3. The smallest absolute Gasteiger partial charge is 0.194 e. The lowest BCUT2D eigenvalue weighted by Gasteiger charge is -2.14. The highest BCUT2D eigenvalue weighted by Gasteiger charge is 2.18. The summed E-state index contributed by atoms with van der Waals surface area (Å²) in [6.07, 6.45) is -1.33. The molecule has 1 N–H and O–H groups in total. The highest BCUT2D eigenvalue weighted by molar-refractivity contribution is 6.32. The maximum Gasteiger partial charge on any atom is 0.194 e. The highest BCUT2D eigenvalue weighted by Crippen LogP contribution is 2.31. The molecule has 0 fully saturated rings. The fraction of sp³-hybridized carbons (Fsp3) is 0.143. The van der Waals surface area contributed by atoms with Crippen LogP contribution in [0.5, 0.6) is 5.75 Å². The quantitative estimate of drug-likeness (QED) is 0.873. The van der Waals surface area contributed by atoms with Gasteiger partial charge in [-0.3, -0.25) is 0 Å². The second-order valence-electron chi connectivity index (χ2n) is 4.10. The van der Waals surface area contributed by atoms with Crippen molar-refractivity contribution in [2.75, 3.05) is 7.11 Å². The summed E-state index contributed by atoms with van der Waals surface area (Å²) in [5, 5.41) is 10.4. The van der Waals surface area contributed by atoms with Gasteiger partial charge in [0.05, 0.1) is 12.1 Å². The Balaban J connectivity index is 2.43. The van der Waals surface area contributed by atoms with Crippen LogP contribution in [-0.2, 0) is 0 Å². The van der Waals surface area contributed by atoms with E-state index in [-0.39, 0.29) is 5.56 Å². The molecule has 1 unspecified atom stereocenters. The van der Waals surface area contributed by atoms with E-state index in [1.54, 1.807) is 0 Å². The molecule has 6 heteroatoms. The molecule has 0 saturated heterocycles. The van der Waals surface area contributed by atoms with E-state index in [0.29, 0.717) is 16.3 Å². The van der Waals surface area contributed by atoms with Crippen LogP contribution in [0.15, 0.2) is 30.3 Å². The molecule has 0 aromatic heterocycles. The van der Waals surface area contributed by atoms with Gasteiger partial charge in [-0.05, 0) is 35.4 Å². The van der Waals surface area contributed by atoms with Crippen LogP contribution >= 0.6 is 11.6 Å².